The molecule has 0 aromatic heterocycles. The van der Waals surface area contributed by atoms with E-state index in [0.717, 1.165) is 17.7 Å². The first-order valence-electron chi connectivity index (χ1n) is 12.1. The highest BCUT2D eigenvalue weighted by Gasteiger charge is 2.33. The number of hydrogen-bond donors (Lipinski definition) is 2. The number of anilines is 1. The molecule has 2 N–H and O–H groups in total. The Labute approximate surface area is 208 Å². The molecule has 1 atom stereocenters. The number of amides is 4. The molecule has 0 spiro atoms. The average Bonchev–Trinajstić information content (AvgIpc) is 2.88. The number of nitrogens with zero attached hydrogens (tertiary/aromatic N) is 2. The highest BCUT2D eigenvalue weighted by molar-refractivity contribution is 5.94. The van der Waals surface area contributed by atoms with Crippen molar-refractivity contribution in [3.63, 3.8) is 0 Å². The summed E-state index contributed by atoms with van der Waals surface area (Å²) in [4.78, 5) is 42.4. The third-order valence-corrected chi connectivity index (χ3v) is 6.49. The standard InChI is InChI=1S/C26H30F2N4O4/c27-20-15-21(28)17-22(16-20)29-26(35)30-23(14-18-4-2-1-3-5-18)25(34)31-8-6-19(7-9-31)24(33)32-10-12-36-13-11-32/h1-5,15-17,19,23H,6-14H2,(H2,29,30,35)/t23-/m0/s1. The van der Waals surface area contributed by atoms with E-state index >= 15 is 0 Å². The molecule has 0 radical (unpaired) electrons. The number of urea groups is 1. The first-order valence-corrected chi connectivity index (χ1v) is 12.1. The molecule has 10 heteroatoms. The van der Waals surface area contributed by atoms with Gasteiger partial charge in [0.2, 0.25) is 11.8 Å². The number of carbonyl (C=O) groups is 3. The molecule has 0 aliphatic carbocycles. The van der Waals surface area contributed by atoms with E-state index in [9.17, 15) is 23.2 Å². The number of piperidine rings is 1. The second-order valence-electron chi connectivity index (χ2n) is 9.04. The maximum Gasteiger partial charge on any atom is 0.319 e. The van der Waals surface area contributed by atoms with Crippen molar-refractivity contribution in [3.05, 3.63) is 65.7 Å². The summed E-state index contributed by atoms with van der Waals surface area (Å²) in [5.41, 5.74) is 0.795. The lowest BCUT2D eigenvalue weighted by Crippen LogP contribution is -2.53. The minimum Gasteiger partial charge on any atom is -0.378 e. The van der Waals surface area contributed by atoms with Gasteiger partial charge in [-0.1, -0.05) is 30.3 Å². The maximum atomic E-state index is 13.5. The number of hydrogen-bond acceptors (Lipinski definition) is 4. The second-order valence-corrected chi connectivity index (χ2v) is 9.04. The predicted molar refractivity (Wildman–Crippen MR) is 129 cm³/mol. The van der Waals surface area contributed by atoms with Crippen molar-refractivity contribution >= 4 is 23.5 Å². The quantitative estimate of drug-likeness (QED) is 0.638. The van der Waals surface area contributed by atoms with E-state index in [2.05, 4.69) is 10.6 Å². The molecule has 8 nitrogen and oxygen atoms in total. The summed E-state index contributed by atoms with van der Waals surface area (Å²) in [6.07, 6.45) is 1.35. The van der Waals surface area contributed by atoms with E-state index in [1.807, 2.05) is 35.2 Å². The summed E-state index contributed by atoms with van der Waals surface area (Å²) >= 11 is 0. The molecule has 2 aliphatic rings. The molecule has 2 saturated heterocycles. The fraction of sp³-hybridized carbons (Fsp3) is 0.423. The number of nitrogens with one attached hydrogen (secondary N) is 2. The topological polar surface area (TPSA) is 91.0 Å². The van der Waals surface area contributed by atoms with Gasteiger partial charge in [0.15, 0.2) is 0 Å². The van der Waals surface area contributed by atoms with Crippen molar-refractivity contribution in [2.24, 2.45) is 5.92 Å². The van der Waals surface area contributed by atoms with Gasteiger partial charge in [-0.15, -0.1) is 0 Å². The van der Waals surface area contributed by atoms with Gasteiger partial charge >= 0.3 is 6.03 Å². The summed E-state index contributed by atoms with van der Waals surface area (Å²) in [6, 6.07) is 10.3. The van der Waals surface area contributed by atoms with Gasteiger partial charge in [-0.2, -0.15) is 0 Å². The van der Waals surface area contributed by atoms with Gasteiger partial charge in [0, 0.05) is 50.3 Å². The molecule has 2 heterocycles. The molecule has 0 unspecified atom stereocenters. The zero-order valence-corrected chi connectivity index (χ0v) is 19.9. The van der Waals surface area contributed by atoms with Crippen LogP contribution in [0.4, 0.5) is 19.3 Å². The number of ether oxygens (including phenoxy) is 1. The minimum atomic E-state index is -0.891. The summed E-state index contributed by atoms with van der Waals surface area (Å²) in [6.45, 7) is 3.07. The Balaban J connectivity index is 1.39. The monoisotopic (exact) mass is 500 g/mol. The van der Waals surface area contributed by atoms with Crippen molar-refractivity contribution in [2.75, 3.05) is 44.7 Å². The highest BCUT2D eigenvalue weighted by atomic mass is 19.1. The molecule has 2 fully saturated rings. The van der Waals surface area contributed by atoms with Gasteiger partial charge in [-0.25, -0.2) is 13.6 Å². The molecule has 36 heavy (non-hydrogen) atoms. The van der Waals surface area contributed by atoms with E-state index in [1.54, 1.807) is 4.90 Å². The molecule has 0 bridgehead atoms. The number of benzene rings is 2. The lowest BCUT2D eigenvalue weighted by atomic mass is 9.94. The van der Waals surface area contributed by atoms with Crippen molar-refractivity contribution in [1.82, 2.24) is 15.1 Å². The van der Waals surface area contributed by atoms with E-state index < -0.39 is 23.7 Å². The normalized spacial score (nSPS) is 17.4. The summed E-state index contributed by atoms with van der Waals surface area (Å²) in [7, 11) is 0. The van der Waals surface area contributed by atoms with Crippen molar-refractivity contribution < 1.29 is 27.9 Å². The first-order chi connectivity index (χ1) is 17.4. The first kappa shape index (κ1) is 25.6. The van der Waals surface area contributed by atoms with E-state index in [1.165, 1.54) is 0 Å². The Morgan fingerprint density at radius 1 is 0.917 bits per heavy atom. The molecular weight excluding hydrogens is 470 g/mol. The zero-order valence-electron chi connectivity index (χ0n) is 19.9. The molecule has 192 valence electrons. The van der Waals surface area contributed by atoms with Crippen LogP contribution in [-0.2, 0) is 20.7 Å². The molecular formula is C26H30F2N4O4. The summed E-state index contributed by atoms with van der Waals surface area (Å²) in [5.74, 6) is -1.95. The van der Waals surface area contributed by atoms with Crippen LogP contribution in [0.2, 0.25) is 0 Å². The van der Waals surface area contributed by atoms with Crippen LogP contribution in [0.5, 0.6) is 0 Å². The van der Waals surface area contributed by atoms with Crippen LogP contribution >= 0.6 is 0 Å². The lowest BCUT2D eigenvalue weighted by molar-refractivity contribution is -0.144. The Kier molecular flexibility index (Phi) is 8.48. The van der Waals surface area contributed by atoms with Crippen LogP contribution in [0.1, 0.15) is 18.4 Å². The molecule has 4 amide bonds. The van der Waals surface area contributed by atoms with Crippen molar-refractivity contribution in [1.29, 1.82) is 0 Å². The zero-order chi connectivity index (χ0) is 25.5. The fourth-order valence-electron chi connectivity index (χ4n) is 4.61. The van der Waals surface area contributed by atoms with Gasteiger partial charge in [0.1, 0.15) is 17.7 Å². The molecule has 2 aromatic rings. The number of carbonyl (C=O) groups excluding carboxylic acids is 3. The van der Waals surface area contributed by atoms with Crippen LogP contribution < -0.4 is 10.6 Å². The van der Waals surface area contributed by atoms with E-state index in [-0.39, 0.29) is 29.8 Å². The summed E-state index contributed by atoms with van der Waals surface area (Å²) in [5, 5.41) is 5.06. The number of likely N-dealkylation sites (tertiary alicyclic amines) is 1. The van der Waals surface area contributed by atoms with Crippen LogP contribution in [0, 0.1) is 17.6 Å². The van der Waals surface area contributed by atoms with Crippen LogP contribution in [0.25, 0.3) is 0 Å². The van der Waals surface area contributed by atoms with E-state index in [4.69, 9.17) is 4.74 Å². The summed E-state index contributed by atoms with van der Waals surface area (Å²) < 4.78 is 32.3. The SMILES string of the molecule is O=C(Nc1cc(F)cc(F)c1)N[C@@H](Cc1ccccc1)C(=O)N1CCC(C(=O)N2CCOCC2)CC1. The Morgan fingerprint density at radius 3 is 2.19 bits per heavy atom. The third-order valence-electron chi connectivity index (χ3n) is 6.49. The highest BCUT2D eigenvalue weighted by Crippen LogP contribution is 2.22. The number of rotatable bonds is 6. The van der Waals surface area contributed by atoms with Crippen molar-refractivity contribution in [3.8, 4) is 0 Å². The average molecular weight is 501 g/mol. The Hall–Kier alpha value is -3.53. The van der Waals surface area contributed by atoms with E-state index in [0.29, 0.717) is 58.3 Å². The van der Waals surface area contributed by atoms with Crippen LogP contribution in [0.3, 0.4) is 0 Å². The fourth-order valence-corrected chi connectivity index (χ4v) is 4.61. The van der Waals surface area contributed by atoms with Gasteiger partial charge < -0.3 is 25.2 Å². The third kappa shape index (κ3) is 6.78. The van der Waals surface area contributed by atoms with Gasteiger partial charge in [0.25, 0.3) is 0 Å². The lowest BCUT2D eigenvalue weighted by Gasteiger charge is -2.36. The van der Waals surface area contributed by atoms with Crippen molar-refractivity contribution in [2.45, 2.75) is 25.3 Å². The number of morpholine rings is 1. The largest absolute Gasteiger partial charge is 0.378 e. The predicted octanol–water partition coefficient (Wildman–Crippen LogP) is 2.80. The minimum absolute atomic E-state index is 0.0571. The van der Waals surface area contributed by atoms with Crippen LogP contribution in [-0.4, -0.2) is 73.1 Å². The molecule has 2 aliphatic heterocycles. The van der Waals surface area contributed by atoms with Gasteiger partial charge in [0.05, 0.1) is 13.2 Å². The molecule has 2 aromatic carbocycles. The maximum absolute atomic E-state index is 13.5. The Morgan fingerprint density at radius 2 is 1.56 bits per heavy atom. The molecule has 4 rings (SSSR count). The second kappa shape index (κ2) is 11.9. The Bertz CT molecular complexity index is 1050. The smallest absolute Gasteiger partial charge is 0.319 e. The van der Waals surface area contributed by atoms with Gasteiger partial charge in [-0.05, 0) is 30.5 Å². The number of halogens is 2. The van der Waals surface area contributed by atoms with Crippen LogP contribution in [0.15, 0.2) is 48.5 Å². The van der Waals surface area contributed by atoms with Gasteiger partial charge in [-0.3, -0.25) is 9.59 Å². The molecule has 0 saturated carbocycles.